The minimum absolute atomic E-state index is 0.104. The summed E-state index contributed by atoms with van der Waals surface area (Å²) in [4.78, 5) is 18.2. The number of nitrogens with one attached hydrogen (secondary N) is 1. The quantitative estimate of drug-likeness (QED) is 0.614. The van der Waals surface area contributed by atoms with E-state index in [-0.39, 0.29) is 4.90 Å². The number of carbonyl (C=O) groups excluding carboxylic acids is 1. The van der Waals surface area contributed by atoms with E-state index in [0.717, 1.165) is 15.6 Å². The summed E-state index contributed by atoms with van der Waals surface area (Å²) >= 11 is 1.19. The number of anilines is 2. The normalized spacial score (nSPS) is 11.4. The fourth-order valence-corrected chi connectivity index (χ4v) is 4.11. The lowest BCUT2D eigenvalue weighted by Crippen LogP contribution is -2.31. The van der Waals surface area contributed by atoms with Gasteiger partial charge in [0.1, 0.15) is 5.75 Å². The zero-order chi connectivity index (χ0) is 21.9. The fraction of sp³-hybridized carbons (Fsp3) is 0.200. The van der Waals surface area contributed by atoms with Crippen LogP contribution in [-0.4, -0.2) is 44.9 Å². The van der Waals surface area contributed by atoms with E-state index in [4.69, 9.17) is 4.74 Å². The van der Waals surface area contributed by atoms with Crippen LogP contribution in [0.15, 0.2) is 59.6 Å². The van der Waals surface area contributed by atoms with Crippen LogP contribution in [0.3, 0.4) is 0 Å². The van der Waals surface area contributed by atoms with E-state index in [9.17, 15) is 13.2 Å². The van der Waals surface area contributed by atoms with Gasteiger partial charge in [0, 0.05) is 26.8 Å². The van der Waals surface area contributed by atoms with Gasteiger partial charge >= 0.3 is 6.03 Å². The average molecular weight is 447 g/mol. The van der Waals surface area contributed by atoms with E-state index in [0.29, 0.717) is 15.9 Å². The molecule has 30 heavy (non-hydrogen) atoms. The Hall–Kier alpha value is -2.95. The first kappa shape index (κ1) is 21.8. The lowest BCUT2D eigenvalue weighted by molar-refractivity contribution is 0.258. The van der Waals surface area contributed by atoms with E-state index >= 15 is 0 Å². The van der Waals surface area contributed by atoms with Gasteiger partial charge in [-0.25, -0.2) is 22.5 Å². The minimum Gasteiger partial charge on any atom is -0.445 e. The molecule has 1 aromatic heterocycles. The molecular formula is C20H22N4O4S2. The van der Waals surface area contributed by atoms with Gasteiger partial charge in [-0.1, -0.05) is 35.6 Å². The van der Waals surface area contributed by atoms with Crippen LogP contribution < -0.4 is 15.0 Å². The smallest absolute Gasteiger partial charge is 0.327 e. The highest BCUT2D eigenvalue weighted by Gasteiger charge is 2.20. The van der Waals surface area contributed by atoms with Gasteiger partial charge in [0.2, 0.25) is 15.1 Å². The van der Waals surface area contributed by atoms with Crippen LogP contribution in [0.5, 0.6) is 10.8 Å². The first-order valence-electron chi connectivity index (χ1n) is 8.95. The van der Waals surface area contributed by atoms with E-state index in [1.165, 1.54) is 48.7 Å². The van der Waals surface area contributed by atoms with Crippen molar-refractivity contribution in [3.05, 3.63) is 60.3 Å². The second-order valence-electron chi connectivity index (χ2n) is 6.63. The van der Waals surface area contributed by atoms with Gasteiger partial charge in [-0.2, -0.15) is 0 Å². The van der Waals surface area contributed by atoms with Gasteiger partial charge in [0.25, 0.3) is 0 Å². The van der Waals surface area contributed by atoms with Gasteiger partial charge in [-0.15, -0.1) is 0 Å². The summed E-state index contributed by atoms with van der Waals surface area (Å²) in [6, 6.07) is 13.3. The Labute approximate surface area is 179 Å². The molecule has 0 fully saturated rings. The SMILES string of the molecule is Cc1ccccc1Oc1cnc(NC(=O)N(C)c2cccc(S(=O)(=O)N(C)C)c2)s1. The molecule has 0 saturated carbocycles. The lowest BCUT2D eigenvalue weighted by Gasteiger charge is -2.19. The van der Waals surface area contributed by atoms with E-state index in [1.807, 2.05) is 31.2 Å². The number of urea groups is 1. The van der Waals surface area contributed by atoms with Crippen molar-refractivity contribution in [1.82, 2.24) is 9.29 Å². The summed E-state index contributed by atoms with van der Waals surface area (Å²) in [5.74, 6) is 0.718. The van der Waals surface area contributed by atoms with Gasteiger partial charge in [0.05, 0.1) is 11.1 Å². The number of aryl methyl sites for hydroxylation is 1. The molecule has 3 rings (SSSR count). The molecule has 0 atom stereocenters. The van der Waals surface area contributed by atoms with Crippen LogP contribution in [0, 0.1) is 6.92 Å². The number of thiazole rings is 1. The number of hydrogen-bond donors (Lipinski definition) is 1. The molecule has 2 aromatic carbocycles. The topological polar surface area (TPSA) is 91.8 Å². The van der Waals surface area contributed by atoms with Crippen LogP contribution in [-0.2, 0) is 10.0 Å². The predicted octanol–water partition coefficient (Wildman–Crippen LogP) is 4.16. The predicted molar refractivity (Wildman–Crippen MR) is 118 cm³/mol. The maximum atomic E-state index is 12.6. The highest BCUT2D eigenvalue weighted by molar-refractivity contribution is 7.89. The monoisotopic (exact) mass is 446 g/mol. The maximum Gasteiger partial charge on any atom is 0.327 e. The van der Waals surface area contributed by atoms with E-state index in [2.05, 4.69) is 10.3 Å². The zero-order valence-corrected chi connectivity index (χ0v) is 18.6. The van der Waals surface area contributed by atoms with Gasteiger partial charge < -0.3 is 4.74 Å². The lowest BCUT2D eigenvalue weighted by atomic mass is 10.2. The molecule has 8 nitrogen and oxygen atoms in total. The number of rotatable bonds is 6. The number of amides is 2. The second-order valence-corrected chi connectivity index (χ2v) is 9.77. The molecule has 0 bridgehead atoms. The Morgan fingerprint density at radius 1 is 1.10 bits per heavy atom. The third kappa shape index (κ3) is 4.78. The summed E-state index contributed by atoms with van der Waals surface area (Å²) < 4.78 is 31.6. The molecule has 0 saturated heterocycles. The molecule has 0 unspecified atom stereocenters. The van der Waals surface area contributed by atoms with Crippen molar-refractivity contribution in [1.29, 1.82) is 0 Å². The van der Waals surface area contributed by atoms with Crippen molar-refractivity contribution in [3.63, 3.8) is 0 Å². The minimum atomic E-state index is -3.60. The molecule has 0 aliphatic heterocycles. The molecule has 1 N–H and O–H groups in total. The summed E-state index contributed by atoms with van der Waals surface area (Å²) in [6.07, 6.45) is 1.54. The van der Waals surface area contributed by atoms with Crippen LogP contribution in [0.2, 0.25) is 0 Å². The van der Waals surface area contributed by atoms with Crippen molar-refractivity contribution in [2.24, 2.45) is 0 Å². The summed E-state index contributed by atoms with van der Waals surface area (Å²) in [7, 11) is 0.863. The summed E-state index contributed by atoms with van der Waals surface area (Å²) in [5.41, 5.74) is 1.42. The van der Waals surface area contributed by atoms with Crippen LogP contribution in [0.4, 0.5) is 15.6 Å². The molecule has 0 aliphatic rings. The van der Waals surface area contributed by atoms with Crippen LogP contribution in [0.25, 0.3) is 0 Å². The number of nitrogens with zero attached hydrogens (tertiary/aromatic N) is 3. The van der Waals surface area contributed by atoms with Crippen LogP contribution in [0.1, 0.15) is 5.56 Å². The van der Waals surface area contributed by atoms with Crippen LogP contribution >= 0.6 is 11.3 Å². The first-order valence-corrected chi connectivity index (χ1v) is 11.2. The van der Waals surface area contributed by atoms with Crippen molar-refractivity contribution in [2.75, 3.05) is 31.4 Å². The van der Waals surface area contributed by atoms with Crippen molar-refractivity contribution in [3.8, 4) is 10.8 Å². The third-order valence-electron chi connectivity index (χ3n) is 4.29. The number of ether oxygens (including phenoxy) is 1. The third-order valence-corrected chi connectivity index (χ3v) is 6.89. The molecule has 10 heteroatoms. The molecule has 0 radical (unpaired) electrons. The fourth-order valence-electron chi connectivity index (χ4n) is 2.50. The van der Waals surface area contributed by atoms with E-state index in [1.54, 1.807) is 19.2 Å². The Morgan fingerprint density at radius 2 is 1.83 bits per heavy atom. The maximum absolute atomic E-state index is 12.6. The van der Waals surface area contributed by atoms with Gasteiger partial charge in [-0.05, 0) is 36.8 Å². The van der Waals surface area contributed by atoms with Gasteiger partial charge in [-0.3, -0.25) is 10.2 Å². The first-order chi connectivity index (χ1) is 14.2. The van der Waals surface area contributed by atoms with Crippen molar-refractivity contribution in [2.45, 2.75) is 11.8 Å². The Bertz CT molecular complexity index is 1160. The molecule has 158 valence electrons. The molecular weight excluding hydrogens is 424 g/mol. The largest absolute Gasteiger partial charge is 0.445 e. The Kier molecular flexibility index (Phi) is 6.40. The van der Waals surface area contributed by atoms with Crippen molar-refractivity contribution >= 4 is 38.2 Å². The molecule has 3 aromatic rings. The number of hydrogen-bond acceptors (Lipinski definition) is 6. The molecule has 1 heterocycles. The second kappa shape index (κ2) is 8.82. The van der Waals surface area contributed by atoms with Gasteiger partial charge in [0.15, 0.2) is 5.13 Å². The molecule has 2 amide bonds. The average Bonchev–Trinajstić information content (AvgIpc) is 3.15. The Balaban J connectivity index is 1.71. The highest BCUT2D eigenvalue weighted by atomic mass is 32.2. The number of benzene rings is 2. The summed E-state index contributed by atoms with van der Waals surface area (Å²) in [6.45, 7) is 1.94. The number of carbonyl (C=O) groups is 1. The van der Waals surface area contributed by atoms with Crippen molar-refractivity contribution < 1.29 is 17.9 Å². The summed E-state index contributed by atoms with van der Waals surface area (Å²) in [5, 5.41) is 3.61. The highest BCUT2D eigenvalue weighted by Crippen LogP contribution is 2.32. The molecule has 0 spiro atoms. The van der Waals surface area contributed by atoms with E-state index < -0.39 is 16.1 Å². The number of aromatic nitrogens is 1. The molecule has 0 aliphatic carbocycles. The standard InChI is InChI=1S/C20H22N4O4S2/c1-14-8-5-6-11-17(14)28-18-13-21-19(29-18)22-20(25)24(4)15-9-7-10-16(12-15)30(26,27)23(2)3/h5-13H,1-4H3,(H,21,22,25). The Morgan fingerprint density at radius 3 is 2.53 bits per heavy atom. The number of para-hydroxylation sites is 1. The number of sulfonamides is 1. The zero-order valence-electron chi connectivity index (χ0n) is 17.0.